The Balaban J connectivity index is 2.67. The standard InChI is InChI=1S/C15H15N3O2/c1-9-4-2-3-5-11(9)12-7-6-10(14(16)19)8-13(12)15(20)18-17/h2-8H,17H2,1H3,(H2,16,19)(H,18,20). The highest BCUT2D eigenvalue weighted by atomic mass is 16.2. The smallest absolute Gasteiger partial charge is 0.265 e. The zero-order valence-electron chi connectivity index (χ0n) is 11.0. The molecule has 0 atom stereocenters. The molecule has 0 saturated carbocycles. The Morgan fingerprint density at radius 1 is 1.05 bits per heavy atom. The molecule has 2 rings (SSSR count). The summed E-state index contributed by atoms with van der Waals surface area (Å²) in [6.45, 7) is 1.95. The lowest BCUT2D eigenvalue weighted by molar-refractivity contribution is 0.0954. The molecular weight excluding hydrogens is 254 g/mol. The van der Waals surface area contributed by atoms with E-state index in [2.05, 4.69) is 5.43 Å². The van der Waals surface area contributed by atoms with Crippen molar-refractivity contribution in [2.45, 2.75) is 6.92 Å². The van der Waals surface area contributed by atoms with Gasteiger partial charge in [-0.2, -0.15) is 0 Å². The molecule has 20 heavy (non-hydrogen) atoms. The molecule has 5 N–H and O–H groups in total. The van der Waals surface area contributed by atoms with E-state index in [1.54, 1.807) is 12.1 Å². The summed E-state index contributed by atoms with van der Waals surface area (Å²) in [6.07, 6.45) is 0. The molecule has 2 aromatic rings. The Morgan fingerprint density at radius 3 is 2.35 bits per heavy atom. The first-order valence-corrected chi connectivity index (χ1v) is 6.05. The van der Waals surface area contributed by atoms with Crippen LogP contribution in [0.1, 0.15) is 26.3 Å². The third-order valence-corrected chi connectivity index (χ3v) is 3.12. The van der Waals surface area contributed by atoms with Crippen molar-refractivity contribution in [3.8, 4) is 11.1 Å². The normalized spacial score (nSPS) is 10.1. The van der Waals surface area contributed by atoms with Crippen LogP contribution in [-0.2, 0) is 0 Å². The van der Waals surface area contributed by atoms with E-state index in [4.69, 9.17) is 11.6 Å². The minimum atomic E-state index is -0.590. The maximum Gasteiger partial charge on any atom is 0.265 e. The second kappa shape index (κ2) is 5.54. The highest BCUT2D eigenvalue weighted by Crippen LogP contribution is 2.27. The number of amides is 2. The Bertz CT molecular complexity index is 681. The van der Waals surface area contributed by atoms with Crippen LogP contribution >= 0.6 is 0 Å². The minimum absolute atomic E-state index is 0.265. The molecule has 0 radical (unpaired) electrons. The Morgan fingerprint density at radius 2 is 1.75 bits per heavy atom. The van der Waals surface area contributed by atoms with Crippen LogP contribution in [0.4, 0.5) is 0 Å². The first-order chi connectivity index (χ1) is 9.54. The molecule has 0 aliphatic heterocycles. The van der Waals surface area contributed by atoms with Crippen LogP contribution in [0.5, 0.6) is 0 Å². The molecule has 0 bridgehead atoms. The van der Waals surface area contributed by atoms with Gasteiger partial charge in [-0.1, -0.05) is 30.3 Å². The number of nitrogen functional groups attached to an aromatic ring is 1. The van der Waals surface area contributed by atoms with Crippen molar-refractivity contribution >= 4 is 11.8 Å². The number of carbonyl (C=O) groups is 2. The van der Waals surface area contributed by atoms with Gasteiger partial charge in [0.2, 0.25) is 5.91 Å². The average Bonchev–Trinajstić information content (AvgIpc) is 2.46. The van der Waals surface area contributed by atoms with Crippen LogP contribution in [-0.4, -0.2) is 11.8 Å². The van der Waals surface area contributed by atoms with Gasteiger partial charge < -0.3 is 5.73 Å². The predicted molar refractivity (Wildman–Crippen MR) is 76.8 cm³/mol. The molecule has 0 saturated heterocycles. The number of hydrazine groups is 1. The lowest BCUT2D eigenvalue weighted by Gasteiger charge is -2.12. The summed E-state index contributed by atoms with van der Waals surface area (Å²) in [4.78, 5) is 23.1. The van der Waals surface area contributed by atoms with E-state index in [-0.39, 0.29) is 5.56 Å². The molecule has 0 aliphatic carbocycles. The summed E-state index contributed by atoms with van der Waals surface area (Å²) in [5.41, 5.74) is 10.5. The molecule has 5 nitrogen and oxygen atoms in total. The number of benzene rings is 2. The predicted octanol–water partition coefficient (Wildman–Crippen LogP) is 1.36. The lowest BCUT2D eigenvalue weighted by Crippen LogP contribution is -2.30. The van der Waals surface area contributed by atoms with Crippen LogP contribution < -0.4 is 17.0 Å². The minimum Gasteiger partial charge on any atom is -0.366 e. The van der Waals surface area contributed by atoms with Gasteiger partial charge in [0.15, 0.2) is 0 Å². The molecule has 2 aromatic carbocycles. The van der Waals surface area contributed by atoms with Crippen LogP contribution in [0.15, 0.2) is 42.5 Å². The van der Waals surface area contributed by atoms with Gasteiger partial charge in [-0.15, -0.1) is 0 Å². The number of aryl methyl sites for hydroxylation is 1. The van der Waals surface area contributed by atoms with Crippen LogP contribution in [0.25, 0.3) is 11.1 Å². The summed E-state index contributed by atoms with van der Waals surface area (Å²) < 4.78 is 0. The van der Waals surface area contributed by atoms with E-state index in [9.17, 15) is 9.59 Å². The van der Waals surface area contributed by atoms with E-state index in [0.29, 0.717) is 11.1 Å². The highest BCUT2D eigenvalue weighted by molar-refractivity contribution is 6.04. The van der Waals surface area contributed by atoms with Gasteiger partial charge in [0.05, 0.1) is 0 Å². The summed E-state index contributed by atoms with van der Waals surface area (Å²) in [7, 11) is 0. The van der Waals surface area contributed by atoms with Crippen LogP contribution in [0.2, 0.25) is 0 Å². The summed E-state index contributed by atoms with van der Waals surface area (Å²) in [5.74, 6) is 4.14. The van der Waals surface area contributed by atoms with E-state index >= 15 is 0 Å². The van der Waals surface area contributed by atoms with Crippen molar-refractivity contribution < 1.29 is 9.59 Å². The Hall–Kier alpha value is -2.66. The quantitative estimate of drug-likeness (QED) is 0.446. The fourth-order valence-corrected chi connectivity index (χ4v) is 2.07. The topological polar surface area (TPSA) is 98.2 Å². The number of carbonyl (C=O) groups excluding carboxylic acids is 2. The zero-order valence-corrected chi connectivity index (χ0v) is 11.0. The van der Waals surface area contributed by atoms with Crippen molar-refractivity contribution in [2.75, 3.05) is 0 Å². The van der Waals surface area contributed by atoms with Crippen molar-refractivity contribution in [2.24, 2.45) is 11.6 Å². The monoisotopic (exact) mass is 269 g/mol. The fraction of sp³-hybridized carbons (Fsp3) is 0.0667. The number of hydrogen-bond donors (Lipinski definition) is 3. The van der Waals surface area contributed by atoms with Gasteiger partial charge in [0.1, 0.15) is 0 Å². The molecule has 0 spiro atoms. The summed E-state index contributed by atoms with van der Waals surface area (Å²) in [5, 5.41) is 0. The third kappa shape index (κ3) is 2.53. The van der Waals surface area contributed by atoms with Gasteiger partial charge in [-0.05, 0) is 35.7 Å². The molecule has 0 aromatic heterocycles. The Kier molecular flexibility index (Phi) is 3.81. The zero-order chi connectivity index (χ0) is 14.7. The van der Waals surface area contributed by atoms with E-state index in [1.807, 2.05) is 31.2 Å². The van der Waals surface area contributed by atoms with Crippen molar-refractivity contribution in [3.05, 3.63) is 59.2 Å². The number of nitrogens with two attached hydrogens (primary N) is 2. The van der Waals surface area contributed by atoms with Crippen molar-refractivity contribution in [3.63, 3.8) is 0 Å². The van der Waals surface area contributed by atoms with Gasteiger partial charge in [0, 0.05) is 11.1 Å². The number of nitrogens with one attached hydrogen (secondary N) is 1. The number of primary amides is 1. The number of hydrogen-bond acceptors (Lipinski definition) is 3. The molecule has 2 amide bonds. The van der Waals surface area contributed by atoms with Crippen molar-refractivity contribution in [1.29, 1.82) is 0 Å². The first kappa shape index (κ1) is 13.8. The average molecular weight is 269 g/mol. The maximum absolute atomic E-state index is 11.9. The molecule has 102 valence electrons. The maximum atomic E-state index is 11.9. The van der Waals surface area contributed by atoms with E-state index in [1.165, 1.54) is 6.07 Å². The van der Waals surface area contributed by atoms with Gasteiger partial charge in [-0.25, -0.2) is 5.84 Å². The largest absolute Gasteiger partial charge is 0.366 e. The molecular formula is C15H15N3O2. The van der Waals surface area contributed by atoms with Gasteiger partial charge in [0.25, 0.3) is 5.91 Å². The van der Waals surface area contributed by atoms with Gasteiger partial charge in [-0.3, -0.25) is 15.0 Å². The van der Waals surface area contributed by atoms with Gasteiger partial charge >= 0.3 is 0 Å². The lowest BCUT2D eigenvalue weighted by atomic mass is 9.94. The van der Waals surface area contributed by atoms with E-state index < -0.39 is 11.8 Å². The molecule has 5 heteroatoms. The molecule has 0 unspecified atom stereocenters. The first-order valence-electron chi connectivity index (χ1n) is 6.05. The molecule has 0 heterocycles. The number of rotatable bonds is 3. The Labute approximate surface area is 116 Å². The summed E-state index contributed by atoms with van der Waals surface area (Å²) >= 11 is 0. The van der Waals surface area contributed by atoms with Crippen LogP contribution in [0.3, 0.4) is 0 Å². The van der Waals surface area contributed by atoms with Crippen LogP contribution in [0, 0.1) is 6.92 Å². The fourth-order valence-electron chi connectivity index (χ4n) is 2.07. The third-order valence-electron chi connectivity index (χ3n) is 3.12. The second-order valence-corrected chi connectivity index (χ2v) is 4.41. The second-order valence-electron chi connectivity index (χ2n) is 4.41. The SMILES string of the molecule is Cc1ccccc1-c1ccc(C(N)=O)cc1C(=O)NN. The summed E-state index contributed by atoms with van der Waals surface area (Å²) in [6, 6.07) is 12.4. The van der Waals surface area contributed by atoms with E-state index in [0.717, 1.165) is 11.1 Å². The molecule has 0 fully saturated rings. The molecule has 0 aliphatic rings. The van der Waals surface area contributed by atoms with Crippen molar-refractivity contribution in [1.82, 2.24) is 5.43 Å². The highest BCUT2D eigenvalue weighted by Gasteiger charge is 2.15.